The minimum Gasteiger partial charge on any atom is -0.391 e. The largest absolute Gasteiger partial charge is 0.391 e. The van der Waals surface area contributed by atoms with Gasteiger partial charge in [-0.25, -0.2) is 9.97 Å². The van der Waals surface area contributed by atoms with Crippen LogP contribution >= 0.6 is 11.3 Å². The van der Waals surface area contributed by atoms with Crippen LogP contribution in [0.25, 0.3) is 16.5 Å². The van der Waals surface area contributed by atoms with Crippen LogP contribution < -0.4 is 20.9 Å². The molecule has 0 saturated carbocycles. The number of amides is 6. The lowest BCUT2D eigenvalue weighted by Gasteiger charge is -2.43. The first-order valence-electron chi connectivity index (χ1n) is 29.7. The molecule has 21 heteroatoms. The molecular formula is C62H85N11O9S. The molecule has 20 nitrogen and oxygen atoms in total. The lowest BCUT2D eigenvalue weighted by Crippen LogP contribution is -2.57. The lowest BCUT2D eigenvalue weighted by atomic mass is 9.85. The highest BCUT2D eigenvalue weighted by Gasteiger charge is 2.44. The molecule has 3 atom stereocenters. The van der Waals surface area contributed by atoms with Crippen molar-refractivity contribution in [3.05, 3.63) is 101 Å². The molecule has 7 heterocycles. The highest BCUT2D eigenvalue weighted by atomic mass is 32.1. The Labute approximate surface area is 492 Å². The van der Waals surface area contributed by atoms with Crippen molar-refractivity contribution in [1.82, 2.24) is 50.5 Å². The van der Waals surface area contributed by atoms with Crippen LogP contribution in [-0.4, -0.2) is 191 Å². The molecule has 0 unspecified atom stereocenters. The Hall–Kier alpha value is -6.65. The van der Waals surface area contributed by atoms with Gasteiger partial charge in [-0.05, 0) is 91.3 Å². The van der Waals surface area contributed by atoms with Crippen molar-refractivity contribution in [2.24, 2.45) is 11.3 Å². The summed E-state index contributed by atoms with van der Waals surface area (Å²) in [5.41, 5.74) is 5.54. The highest BCUT2D eigenvalue weighted by molar-refractivity contribution is 7.13. The number of nitrogens with one attached hydrogen (secondary N) is 3. The van der Waals surface area contributed by atoms with Gasteiger partial charge < -0.3 is 50.1 Å². The summed E-state index contributed by atoms with van der Waals surface area (Å²) in [5.74, 6) is 0.311. The van der Waals surface area contributed by atoms with E-state index in [1.807, 2.05) is 91.5 Å². The number of hydrogen-bond acceptors (Lipinski definition) is 15. The van der Waals surface area contributed by atoms with E-state index in [0.717, 1.165) is 117 Å². The molecule has 0 aliphatic carbocycles. The summed E-state index contributed by atoms with van der Waals surface area (Å²) in [6.07, 6.45) is 15.0. The van der Waals surface area contributed by atoms with Crippen molar-refractivity contribution in [1.29, 1.82) is 0 Å². The maximum absolute atomic E-state index is 14.0. The molecule has 3 aromatic heterocycles. The van der Waals surface area contributed by atoms with Crippen molar-refractivity contribution >= 4 is 58.7 Å². The van der Waals surface area contributed by atoms with E-state index in [9.17, 15) is 33.9 Å². The maximum atomic E-state index is 14.0. The zero-order valence-electron chi connectivity index (χ0n) is 48.8. The first kappa shape index (κ1) is 62.4. The molecule has 8 rings (SSSR count). The number of pyridine rings is 2. The third-order valence-electron chi connectivity index (χ3n) is 16.3. The number of carbonyl (C=O) groups excluding carboxylic acids is 6. The number of anilines is 1. The van der Waals surface area contributed by atoms with E-state index in [2.05, 4.69) is 35.7 Å². The number of aliphatic hydroxyl groups excluding tert-OH is 1. The highest BCUT2D eigenvalue weighted by Crippen LogP contribution is 2.30. The van der Waals surface area contributed by atoms with Crippen LogP contribution in [0, 0.1) is 18.3 Å². The molecule has 448 valence electrons. The Bertz CT molecular complexity index is 2770. The Morgan fingerprint density at radius 2 is 1.54 bits per heavy atom. The molecule has 83 heavy (non-hydrogen) atoms. The number of unbranched alkanes of at least 4 members (excludes halogenated alkanes) is 1. The number of ether oxygens (including phenoxy) is 2. The first-order valence-corrected chi connectivity index (χ1v) is 30.6. The third-order valence-corrected chi connectivity index (χ3v) is 17.3. The van der Waals surface area contributed by atoms with Crippen LogP contribution in [0.15, 0.2) is 78.7 Å². The van der Waals surface area contributed by atoms with E-state index in [4.69, 9.17) is 14.5 Å². The summed E-state index contributed by atoms with van der Waals surface area (Å²) in [6, 6.07) is 14.1. The summed E-state index contributed by atoms with van der Waals surface area (Å²) in [4.78, 5) is 104. The van der Waals surface area contributed by atoms with Gasteiger partial charge >= 0.3 is 0 Å². The summed E-state index contributed by atoms with van der Waals surface area (Å²) in [7, 11) is 0. The molecule has 4 aliphatic rings. The van der Waals surface area contributed by atoms with Crippen molar-refractivity contribution < 1.29 is 43.3 Å². The molecule has 4 aliphatic heterocycles. The van der Waals surface area contributed by atoms with Gasteiger partial charge in [0.15, 0.2) is 0 Å². The average molecular weight is 1160 g/mol. The van der Waals surface area contributed by atoms with E-state index in [1.165, 1.54) is 4.90 Å². The molecule has 0 radical (unpaired) electrons. The normalized spacial score (nSPS) is 18.8. The first-order chi connectivity index (χ1) is 40.1. The van der Waals surface area contributed by atoms with Crippen LogP contribution in [0.1, 0.15) is 112 Å². The zero-order chi connectivity index (χ0) is 58.7. The average Bonchev–Trinajstić information content (AvgIpc) is 3.74. The fraction of sp³-hybridized carbons (Fsp3) is 0.565. The minimum absolute atomic E-state index is 0.00879. The number of hydrogen-bond donors (Lipinski definition) is 4. The second-order valence-electron chi connectivity index (χ2n) is 23.4. The van der Waals surface area contributed by atoms with Gasteiger partial charge in [-0.1, -0.05) is 63.9 Å². The number of thiazole rings is 1. The number of β-amino-alcohol motifs (C(OH)–C–C–N with tert-alkyl or cyclic N) is 1. The molecule has 4 aromatic rings. The standard InChI is InChI=1S/C62H85N11O9S/c1-44-57(83-43-67-44)48-13-10-47(11-14-48)40-66-59(78)52-38-51(74)42-73(52)61(80)58(62(2,3)4)68-55(76)22-34-81-36-37-82-35-23-56(77)71-32-30-69(31-33-71)50-20-28-70(29-21-50)53-16-15-49(41-65-53)60(79)72-26-18-45(19-27-72)8-5-6-25-64-54(75)17-12-46-9-7-24-63-39-46/h7,9-17,24,39,41,43,45,50-52,58,74H,5-6,8,18-23,25-38,40,42H2,1-4H3,(H,64,75)(H,66,78)(H,68,76)/b17-12+/t51-,52+,58-/m1/s1. The van der Waals surface area contributed by atoms with Gasteiger partial charge in [0.1, 0.15) is 17.9 Å². The van der Waals surface area contributed by atoms with E-state index in [0.29, 0.717) is 37.2 Å². The Balaban J connectivity index is 0.641. The number of aryl methyl sites for hydroxylation is 1. The number of piperazine rings is 1. The van der Waals surface area contributed by atoms with Gasteiger partial charge in [0, 0.05) is 116 Å². The van der Waals surface area contributed by atoms with Crippen molar-refractivity contribution in [2.45, 2.75) is 123 Å². The fourth-order valence-corrected chi connectivity index (χ4v) is 12.2. The van der Waals surface area contributed by atoms with Crippen molar-refractivity contribution in [2.75, 3.05) is 96.8 Å². The zero-order valence-corrected chi connectivity index (χ0v) is 49.7. The maximum Gasteiger partial charge on any atom is 0.255 e. The molecule has 0 spiro atoms. The third kappa shape index (κ3) is 18.4. The molecule has 4 saturated heterocycles. The smallest absolute Gasteiger partial charge is 0.255 e. The SMILES string of the molecule is Cc1ncsc1-c1ccc(CNC(=O)[C@@H]2C[C@@H](O)CN2C(=O)[C@@H](NC(=O)CCOCCOCCC(=O)N2CCN(C3CCN(c4ccc(C(=O)N5CCC(CCCCNC(=O)/C=C/c6cccnc6)CC5)cn4)CC3)CC2)C(C)(C)C)cc1. The molecular weight excluding hydrogens is 1070 g/mol. The Morgan fingerprint density at radius 1 is 0.807 bits per heavy atom. The number of nitrogens with zero attached hydrogens (tertiary/aromatic N) is 8. The predicted molar refractivity (Wildman–Crippen MR) is 319 cm³/mol. The van der Waals surface area contributed by atoms with E-state index in [1.54, 1.807) is 42.1 Å². The predicted octanol–water partition coefficient (Wildman–Crippen LogP) is 5.50. The molecule has 4 N–H and O–H groups in total. The summed E-state index contributed by atoms with van der Waals surface area (Å²) in [6.45, 7) is 15.5. The van der Waals surface area contributed by atoms with Crippen LogP contribution in [0.5, 0.6) is 0 Å². The minimum atomic E-state index is -0.944. The van der Waals surface area contributed by atoms with E-state index >= 15 is 0 Å². The molecule has 4 fully saturated rings. The molecule has 1 aromatic carbocycles. The Kier molecular flexibility index (Phi) is 23.1. The van der Waals surface area contributed by atoms with Gasteiger partial charge in [-0.2, -0.15) is 0 Å². The van der Waals surface area contributed by atoms with E-state index in [-0.39, 0.29) is 88.3 Å². The number of aromatic nitrogens is 3. The van der Waals surface area contributed by atoms with Crippen LogP contribution in [-0.2, 0) is 40.0 Å². The second kappa shape index (κ2) is 30.8. The number of piperidine rings is 2. The van der Waals surface area contributed by atoms with Gasteiger partial charge in [-0.3, -0.25) is 38.7 Å². The van der Waals surface area contributed by atoms with Crippen LogP contribution in [0.4, 0.5) is 5.82 Å². The summed E-state index contributed by atoms with van der Waals surface area (Å²) < 4.78 is 11.4. The summed E-state index contributed by atoms with van der Waals surface area (Å²) >= 11 is 1.57. The monoisotopic (exact) mass is 1160 g/mol. The second-order valence-corrected chi connectivity index (χ2v) is 24.2. The summed E-state index contributed by atoms with van der Waals surface area (Å²) in [5, 5.41) is 19.4. The topological polar surface area (TPSA) is 232 Å². The fourth-order valence-electron chi connectivity index (χ4n) is 11.4. The Morgan fingerprint density at radius 3 is 2.20 bits per heavy atom. The van der Waals surface area contributed by atoms with Crippen molar-refractivity contribution in [3.63, 3.8) is 0 Å². The lowest BCUT2D eigenvalue weighted by molar-refractivity contribution is -0.144. The van der Waals surface area contributed by atoms with Crippen LogP contribution in [0.3, 0.4) is 0 Å². The number of rotatable bonds is 25. The van der Waals surface area contributed by atoms with E-state index < -0.39 is 29.5 Å². The molecule has 0 bridgehead atoms. The number of likely N-dealkylation sites (tertiary alicyclic amines) is 2. The van der Waals surface area contributed by atoms with Gasteiger partial charge in [0.05, 0.1) is 60.6 Å². The molecule has 6 amide bonds. The quantitative estimate of drug-likeness (QED) is 0.0475. The number of aliphatic hydroxyl groups is 1. The van der Waals surface area contributed by atoms with Crippen molar-refractivity contribution in [3.8, 4) is 10.4 Å². The number of benzene rings is 1. The van der Waals surface area contributed by atoms with Gasteiger partial charge in [0.2, 0.25) is 29.5 Å². The van der Waals surface area contributed by atoms with Gasteiger partial charge in [0.25, 0.3) is 5.91 Å². The number of carbonyl (C=O) groups is 6. The van der Waals surface area contributed by atoms with Crippen LogP contribution in [0.2, 0.25) is 0 Å². The van der Waals surface area contributed by atoms with Gasteiger partial charge in [-0.15, -0.1) is 11.3 Å².